The second-order valence-electron chi connectivity index (χ2n) is 11.4. The first-order valence-corrected chi connectivity index (χ1v) is 15.1. The molecule has 6 rings (SSSR count). The van der Waals surface area contributed by atoms with Crippen molar-refractivity contribution >= 4 is 23.6 Å². The van der Waals surface area contributed by atoms with Crippen LogP contribution in [0.25, 0.3) is 0 Å². The van der Waals surface area contributed by atoms with Crippen molar-refractivity contribution in [3.8, 4) is 5.88 Å². The average Bonchev–Trinajstić information content (AvgIpc) is 3.71. The van der Waals surface area contributed by atoms with Crippen molar-refractivity contribution in [2.45, 2.75) is 63.7 Å². The van der Waals surface area contributed by atoms with E-state index in [1.54, 1.807) is 15.8 Å². The number of aromatic nitrogens is 4. The summed E-state index contributed by atoms with van der Waals surface area (Å²) < 4.78 is 7.12. The van der Waals surface area contributed by atoms with Crippen LogP contribution in [0.4, 0.5) is 0 Å². The van der Waals surface area contributed by atoms with Crippen LogP contribution >= 0.6 is 0 Å². The lowest BCUT2D eigenvalue weighted by atomic mass is 10.0. The van der Waals surface area contributed by atoms with Gasteiger partial charge < -0.3 is 25.2 Å². The number of hydrogen-bond donors (Lipinski definition) is 2. The fraction of sp³-hybridized carbons (Fsp3) is 0.452. The van der Waals surface area contributed by atoms with Crippen LogP contribution in [0.1, 0.15) is 52.1 Å². The van der Waals surface area contributed by atoms with Crippen LogP contribution in [0.5, 0.6) is 5.88 Å². The maximum absolute atomic E-state index is 14.2. The Hall–Kier alpha value is -4.81. The van der Waals surface area contributed by atoms with Crippen LogP contribution in [0.15, 0.2) is 42.6 Å². The lowest BCUT2D eigenvalue weighted by Crippen LogP contribution is -2.64. The molecule has 4 amide bonds. The van der Waals surface area contributed by atoms with Crippen LogP contribution in [-0.2, 0) is 46.7 Å². The van der Waals surface area contributed by atoms with E-state index in [2.05, 4.69) is 25.9 Å². The van der Waals surface area contributed by atoms with Gasteiger partial charge >= 0.3 is 0 Å². The fourth-order valence-corrected chi connectivity index (χ4v) is 6.13. The van der Waals surface area contributed by atoms with Crippen molar-refractivity contribution < 1.29 is 23.9 Å². The van der Waals surface area contributed by atoms with Crippen LogP contribution in [0.2, 0.25) is 0 Å². The Morgan fingerprint density at radius 2 is 1.89 bits per heavy atom. The van der Waals surface area contributed by atoms with Crippen molar-refractivity contribution in [1.29, 1.82) is 0 Å². The third-order valence-electron chi connectivity index (χ3n) is 8.43. The Bertz CT molecular complexity index is 1560. The van der Waals surface area contributed by atoms with Gasteiger partial charge in [0.05, 0.1) is 26.4 Å². The van der Waals surface area contributed by atoms with Crippen molar-refractivity contribution in [2.24, 2.45) is 0 Å². The predicted molar refractivity (Wildman–Crippen MR) is 157 cm³/mol. The number of aryl methyl sites for hydroxylation is 3. The van der Waals surface area contributed by atoms with E-state index < -0.39 is 18.0 Å². The Morgan fingerprint density at radius 1 is 1.05 bits per heavy atom. The molecule has 0 saturated carbocycles. The van der Waals surface area contributed by atoms with Crippen LogP contribution in [0, 0.1) is 0 Å². The Labute approximate surface area is 254 Å². The molecule has 0 radical (unpaired) electrons. The number of benzene rings is 1. The normalized spacial score (nSPS) is 21.0. The minimum Gasteiger partial charge on any atom is -0.480 e. The first kappa shape index (κ1) is 29.3. The Morgan fingerprint density at radius 3 is 2.70 bits per heavy atom. The fourth-order valence-electron chi connectivity index (χ4n) is 6.13. The van der Waals surface area contributed by atoms with Gasteiger partial charge in [0.1, 0.15) is 23.3 Å². The van der Waals surface area contributed by atoms with Gasteiger partial charge in [-0.2, -0.15) is 0 Å². The Kier molecular flexibility index (Phi) is 8.53. The summed E-state index contributed by atoms with van der Waals surface area (Å²) in [5.74, 6) is -1.11. The summed E-state index contributed by atoms with van der Waals surface area (Å²) in [6.07, 6.45) is 5.37. The number of piperazine rings is 1. The van der Waals surface area contributed by atoms with Gasteiger partial charge in [0.2, 0.25) is 23.6 Å². The predicted octanol–water partition coefficient (Wildman–Crippen LogP) is 0.661. The highest BCUT2D eigenvalue weighted by Gasteiger charge is 2.40. The number of hydrogen-bond acceptors (Lipinski definition) is 8. The molecule has 0 unspecified atom stereocenters. The lowest BCUT2D eigenvalue weighted by Gasteiger charge is -2.42. The third kappa shape index (κ3) is 6.26. The molecular weight excluding hydrogens is 564 g/mol. The van der Waals surface area contributed by atoms with Gasteiger partial charge in [0, 0.05) is 38.2 Å². The number of fused-ring (bicyclic) bond motifs is 4. The molecule has 1 saturated heterocycles. The molecule has 3 aliphatic rings. The molecule has 1 fully saturated rings. The SMILES string of the molecule is COc1nc2c(cc1C(=O)N1CCN3C(=O)[C@H](Cc4ccccc4)NC(=O)CCCn4cc(nn4)CNC(=O)[C@H]3C1)CCC2. The molecule has 44 heavy (non-hydrogen) atoms. The molecule has 2 aliphatic heterocycles. The van der Waals surface area contributed by atoms with E-state index in [9.17, 15) is 19.2 Å². The highest BCUT2D eigenvalue weighted by atomic mass is 16.5. The number of nitrogens with one attached hydrogen (secondary N) is 2. The first-order valence-electron chi connectivity index (χ1n) is 15.1. The van der Waals surface area contributed by atoms with Gasteiger partial charge in [-0.3, -0.25) is 23.9 Å². The van der Waals surface area contributed by atoms with E-state index in [0.717, 1.165) is 36.1 Å². The summed E-state index contributed by atoms with van der Waals surface area (Å²) in [6.45, 7) is 0.863. The van der Waals surface area contributed by atoms with E-state index in [1.165, 1.54) is 12.0 Å². The largest absolute Gasteiger partial charge is 0.480 e. The summed E-state index contributed by atoms with van der Waals surface area (Å²) in [4.78, 5) is 62.4. The summed E-state index contributed by atoms with van der Waals surface area (Å²) in [5.41, 5.74) is 3.75. The number of carbonyl (C=O) groups is 4. The second kappa shape index (κ2) is 12.8. The zero-order valence-corrected chi connectivity index (χ0v) is 24.7. The zero-order valence-electron chi connectivity index (χ0n) is 24.7. The van der Waals surface area contributed by atoms with E-state index >= 15 is 0 Å². The molecule has 1 aromatic carbocycles. The topological polar surface area (TPSA) is 152 Å². The van der Waals surface area contributed by atoms with Gasteiger partial charge in [-0.1, -0.05) is 35.5 Å². The van der Waals surface area contributed by atoms with E-state index in [4.69, 9.17) is 4.74 Å². The highest BCUT2D eigenvalue weighted by molar-refractivity contribution is 5.98. The Balaban J connectivity index is 1.30. The number of pyridine rings is 1. The number of methoxy groups -OCH3 is 1. The maximum Gasteiger partial charge on any atom is 0.259 e. The minimum absolute atomic E-state index is 0.0324. The standard InChI is InChI=1S/C31H36N8O5/c1-44-29-23(16-21-9-5-10-24(21)34-29)30(42)37-13-14-39-26(19-37)28(41)32-17-22-18-38(36-35-22)12-6-11-27(40)33-25(31(39)43)15-20-7-3-2-4-8-20/h2-4,7-8,16,18,25-26H,5-6,9-15,17,19H2,1H3,(H,32,41)(H,33,40)/t25-,26+/m0/s1. The molecule has 3 aromatic rings. The van der Waals surface area contributed by atoms with Crippen LogP contribution < -0.4 is 15.4 Å². The zero-order chi connectivity index (χ0) is 30.6. The van der Waals surface area contributed by atoms with Crippen molar-refractivity contribution in [3.05, 3.63) is 70.7 Å². The number of rotatable bonds is 4. The molecule has 2 atom stereocenters. The number of carbonyl (C=O) groups excluding carboxylic acids is 4. The van der Waals surface area contributed by atoms with Gasteiger partial charge in [-0.15, -0.1) is 5.10 Å². The summed E-state index contributed by atoms with van der Waals surface area (Å²) in [7, 11) is 1.49. The van der Waals surface area contributed by atoms with Crippen LogP contribution in [-0.4, -0.2) is 92.2 Å². The summed E-state index contributed by atoms with van der Waals surface area (Å²) in [6, 6.07) is 9.41. The van der Waals surface area contributed by atoms with E-state index in [0.29, 0.717) is 24.2 Å². The smallest absolute Gasteiger partial charge is 0.259 e. The highest BCUT2D eigenvalue weighted by Crippen LogP contribution is 2.28. The van der Waals surface area contributed by atoms with Gasteiger partial charge in [-0.05, 0) is 42.9 Å². The van der Waals surface area contributed by atoms with Crippen molar-refractivity contribution in [3.63, 3.8) is 0 Å². The minimum atomic E-state index is -0.996. The molecule has 13 heteroatoms. The molecule has 2 aromatic heterocycles. The summed E-state index contributed by atoms with van der Waals surface area (Å²) in [5, 5.41) is 14.0. The summed E-state index contributed by atoms with van der Waals surface area (Å²) >= 11 is 0. The number of nitrogens with zero attached hydrogens (tertiary/aromatic N) is 6. The third-order valence-corrected chi connectivity index (χ3v) is 8.43. The molecule has 0 spiro atoms. The molecule has 4 heterocycles. The molecule has 2 N–H and O–H groups in total. The van der Waals surface area contributed by atoms with Gasteiger partial charge in [0.15, 0.2) is 0 Å². The second-order valence-corrected chi connectivity index (χ2v) is 11.4. The molecule has 13 nitrogen and oxygen atoms in total. The lowest BCUT2D eigenvalue weighted by molar-refractivity contribution is -0.146. The van der Waals surface area contributed by atoms with Gasteiger partial charge in [0.25, 0.3) is 5.91 Å². The van der Waals surface area contributed by atoms with Crippen LogP contribution in [0.3, 0.4) is 0 Å². The maximum atomic E-state index is 14.2. The van der Waals surface area contributed by atoms with E-state index in [-0.39, 0.29) is 62.6 Å². The van der Waals surface area contributed by atoms with E-state index in [1.807, 2.05) is 36.4 Å². The van der Waals surface area contributed by atoms with Gasteiger partial charge in [-0.25, -0.2) is 4.98 Å². The average molecular weight is 601 g/mol. The molecule has 2 bridgehead atoms. The molecule has 1 aliphatic carbocycles. The first-order chi connectivity index (χ1) is 21.4. The monoisotopic (exact) mass is 600 g/mol. The molecular formula is C31H36N8O5. The quantitative estimate of drug-likeness (QED) is 0.443. The van der Waals surface area contributed by atoms with Crippen molar-refractivity contribution in [2.75, 3.05) is 26.7 Å². The number of ether oxygens (including phenoxy) is 1. The molecule has 230 valence electrons. The van der Waals surface area contributed by atoms with Crippen molar-refractivity contribution in [1.82, 2.24) is 40.4 Å². The number of amides is 4.